The third-order valence-electron chi connectivity index (χ3n) is 10.0. The van der Waals surface area contributed by atoms with Crippen molar-refractivity contribution >= 4 is 43.6 Å². The second-order valence-electron chi connectivity index (χ2n) is 12.9. The fourth-order valence-electron chi connectivity index (χ4n) is 7.92. The van der Waals surface area contributed by atoms with Crippen LogP contribution >= 0.6 is 0 Å². The third-order valence-corrected chi connectivity index (χ3v) is 10.0. The van der Waals surface area contributed by atoms with Crippen LogP contribution in [0.3, 0.4) is 0 Å². The number of para-hydroxylation sites is 4. The van der Waals surface area contributed by atoms with Crippen molar-refractivity contribution < 1.29 is 0 Å². The van der Waals surface area contributed by atoms with E-state index >= 15 is 4.79 Å². The molecule has 0 atom stereocenters. The summed E-state index contributed by atoms with van der Waals surface area (Å²) in [5, 5.41) is 3.84. The van der Waals surface area contributed by atoms with E-state index in [9.17, 15) is 0 Å². The molecule has 51 heavy (non-hydrogen) atoms. The molecule has 4 heteroatoms. The second-order valence-corrected chi connectivity index (χ2v) is 12.9. The van der Waals surface area contributed by atoms with E-state index in [0.717, 1.165) is 77.7 Å². The number of nitrogens with zero attached hydrogens (tertiary/aromatic N) is 3. The van der Waals surface area contributed by atoms with E-state index in [1.807, 2.05) is 47.0 Å². The molecule has 240 valence electrons. The van der Waals surface area contributed by atoms with Gasteiger partial charge in [-0.2, -0.15) is 0 Å². The van der Waals surface area contributed by atoms with Crippen molar-refractivity contribution in [1.29, 1.82) is 0 Å². The monoisotopic (exact) mass is 653 g/mol. The quantitative estimate of drug-likeness (QED) is 0.182. The van der Waals surface area contributed by atoms with Crippen LogP contribution in [0.2, 0.25) is 0 Å². The molecule has 0 aliphatic carbocycles. The number of rotatable bonds is 5. The summed E-state index contributed by atoms with van der Waals surface area (Å²) in [5.74, 6) is 0. The van der Waals surface area contributed by atoms with Gasteiger partial charge in [0.15, 0.2) is 0 Å². The van der Waals surface area contributed by atoms with Crippen LogP contribution in [-0.2, 0) is 0 Å². The van der Waals surface area contributed by atoms with Gasteiger partial charge in [0.2, 0.25) is 0 Å². The lowest BCUT2D eigenvalue weighted by atomic mass is 9.95. The first-order valence-electron chi connectivity index (χ1n) is 17.3. The molecule has 3 aromatic heterocycles. The highest BCUT2D eigenvalue weighted by Gasteiger charge is 2.27. The summed E-state index contributed by atoms with van der Waals surface area (Å²) in [6.45, 7) is 0. The number of hydrogen-bond donors (Lipinski definition) is 0. The summed E-state index contributed by atoms with van der Waals surface area (Å²) in [5.41, 5.74) is 10.8. The fourth-order valence-corrected chi connectivity index (χ4v) is 7.92. The van der Waals surface area contributed by atoms with Gasteiger partial charge in [0, 0.05) is 33.1 Å². The van der Waals surface area contributed by atoms with Crippen LogP contribution in [0.1, 0.15) is 0 Å². The van der Waals surface area contributed by atoms with Crippen molar-refractivity contribution in [2.24, 2.45) is 0 Å². The Balaban J connectivity index is 1.41. The van der Waals surface area contributed by atoms with Crippen molar-refractivity contribution in [1.82, 2.24) is 13.7 Å². The molecule has 0 fully saturated rings. The predicted octanol–water partition coefficient (Wildman–Crippen LogP) is 11.4. The van der Waals surface area contributed by atoms with E-state index in [1.54, 1.807) is 0 Å². The molecule has 0 saturated heterocycles. The minimum Gasteiger partial charge on any atom is -0.309 e. The molecule has 0 radical (unpaired) electrons. The third kappa shape index (κ3) is 4.43. The van der Waals surface area contributed by atoms with Crippen LogP contribution in [0.5, 0.6) is 0 Å². The highest BCUT2D eigenvalue weighted by Crippen LogP contribution is 2.43. The molecule has 0 unspecified atom stereocenters. The Morgan fingerprint density at radius 3 is 1.49 bits per heavy atom. The Morgan fingerprint density at radius 2 is 0.843 bits per heavy atom. The molecule has 0 N–H and O–H groups in total. The molecule has 10 rings (SSSR count). The van der Waals surface area contributed by atoms with E-state index in [4.69, 9.17) is 0 Å². The topological polar surface area (TPSA) is 31.9 Å². The molecule has 7 aromatic carbocycles. The highest BCUT2D eigenvalue weighted by molar-refractivity contribution is 6.16. The number of hydrogen-bond acceptors (Lipinski definition) is 1. The van der Waals surface area contributed by atoms with Crippen molar-refractivity contribution in [3.63, 3.8) is 0 Å². The van der Waals surface area contributed by atoms with Crippen molar-refractivity contribution in [3.8, 4) is 39.4 Å². The Kier molecular flexibility index (Phi) is 6.61. The largest absolute Gasteiger partial charge is 0.309 e. The van der Waals surface area contributed by atoms with Gasteiger partial charge in [0.1, 0.15) is 0 Å². The summed E-state index contributed by atoms with van der Waals surface area (Å²) < 4.78 is 6.53. The standard InChI is InChI=1S/C47H31N3O/c51-47-44-38-26-14-16-28-41(38)49(35-23-11-4-12-24-35)46(44)43(32-17-5-1-6-18-32)45(33-19-7-2-8-20-33)50(47)36-29-30-42-39(31-36)37-25-13-15-27-40(37)48(42)34-21-9-3-10-22-34/h1-31H. The summed E-state index contributed by atoms with van der Waals surface area (Å²) in [6.07, 6.45) is 0. The average molecular weight is 654 g/mol. The maximum atomic E-state index is 15.5. The molecular weight excluding hydrogens is 623 g/mol. The minimum absolute atomic E-state index is 0.0550. The number of pyridine rings is 1. The van der Waals surface area contributed by atoms with Crippen LogP contribution < -0.4 is 5.56 Å². The van der Waals surface area contributed by atoms with Gasteiger partial charge in [-0.25, -0.2) is 0 Å². The van der Waals surface area contributed by atoms with Crippen molar-refractivity contribution in [2.75, 3.05) is 0 Å². The first kappa shape index (κ1) is 29.0. The summed E-state index contributed by atoms with van der Waals surface area (Å²) in [6, 6.07) is 64.9. The van der Waals surface area contributed by atoms with Crippen molar-refractivity contribution in [3.05, 3.63) is 198 Å². The summed E-state index contributed by atoms with van der Waals surface area (Å²) >= 11 is 0. The molecule has 0 aliphatic rings. The van der Waals surface area contributed by atoms with E-state index in [2.05, 4.69) is 155 Å². The highest BCUT2D eigenvalue weighted by atomic mass is 16.1. The molecule has 4 nitrogen and oxygen atoms in total. The van der Waals surface area contributed by atoms with Crippen LogP contribution in [0, 0.1) is 0 Å². The molecule has 0 spiro atoms. The summed E-state index contributed by atoms with van der Waals surface area (Å²) in [7, 11) is 0. The molecule has 0 aliphatic heterocycles. The number of fused-ring (bicyclic) bond motifs is 6. The van der Waals surface area contributed by atoms with Gasteiger partial charge >= 0.3 is 0 Å². The van der Waals surface area contributed by atoms with E-state index in [-0.39, 0.29) is 5.56 Å². The first-order chi connectivity index (χ1) is 25.3. The van der Waals surface area contributed by atoms with E-state index in [0.29, 0.717) is 5.39 Å². The second kappa shape index (κ2) is 11.6. The molecule has 10 aromatic rings. The van der Waals surface area contributed by atoms with Gasteiger partial charge in [0.05, 0.1) is 38.8 Å². The average Bonchev–Trinajstić information content (AvgIpc) is 3.72. The van der Waals surface area contributed by atoms with Gasteiger partial charge < -0.3 is 9.13 Å². The lowest BCUT2D eigenvalue weighted by Gasteiger charge is -2.21. The molecule has 3 heterocycles. The van der Waals surface area contributed by atoms with Crippen LogP contribution in [-0.4, -0.2) is 13.7 Å². The zero-order chi connectivity index (χ0) is 33.9. The number of benzene rings is 7. The smallest absolute Gasteiger partial charge is 0.265 e. The Labute approximate surface area is 294 Å². The zero-order valence-electron chi connectivity index (χ0n) is 27.6. The molecule has 0 bridgehead atoms. The Bertz CT molecular complexity index is 2960. The molecule has 0 amide bonds. The fraction of sp³-hybridized carbons (Fsp3) is 0. The molecule has 0 saturated carbocycles. The predicted molar refractivity (Wildman–Crippen MR) is 212 cm³/mol. The van der Waals surface area contributed by atoms with Gasteiger partial charge in [0.25, 0.3) is 5.56 Å². The zero-order valence-corrected chi connectivity index (χ0v) is 27.6. The lowest BCUT2D eigenvalue weighted by molar-refractivity contribution is 1.02. The lowest BCUT2D eigenvalue weighted by Crippen LogP contribution is -2.22. The van der Waals surface area contributed by atoms with Crippen molar-refractivity contribution in [2.45, 2.75) is 0 Å². The van der Waals surface area contributed by atoms with Crippen LogP contribution in [0.25, 0.3) is 83.1 Å². The molecular formula is C47H31N3O. The van der Waals surface area contributed by atoms with Gasteiger partial charge in [-0.3, -0.25) is 9.36 Å². The Morgan fingerprint density at radius 1 is 0.353 bits per heavy atom. The van der Waals surface area contributed by atoms with Gasteiger partial charge in [-0.1, -0.05) is 133 Å². The normalized spacial score (nSPS) is 11.6. The van der Waals surface area contributed by atoms with E-state index < -0.39 is 0 Å². The van der Waals surface area contributed by atoms with E-state index in [1.165, 1.54) is 0 Å². The van der Waals surface area contributed by atoms with Gasteiger partial charge in [-0.05, 0) is 65.7 Å². The number of aromatic nitrogens is 3. The maximum Gasteiger partial charge on any atom is 0.265 e. The summed E-state index contributed by atoms with van der Waals surface area (Å²) in [4.78, 5) is 15.5. The maximum absolute atomic E-state index is 15.5. The SMILES string of the molecule is O=c1c2c3ccccc3n(-c3ccccc3)c2c(-c2ccccc2)c(-c2ccccc2)n1-c1ccc2c(c1)c1ccccc1n2-c1ccccc1. The Hall–Kier alpha value is -6.91. The van der Waals surface area contributed by atoms with Crippen LogP contribution in [0.4, 0.5) is 0 Å². The minimum atomic E-state index is -0.0550. The van der Waals surface area contributed by atoms with Crippen LogP contribution in [0.15, 0.2) is 193 Å². The first-order valence-corrected chi connectivity index (χ1v) is 17.3. The van der Waals surface area contributed by atoms with Gasteiger partial charge in [-0.15, -0.1) is 0 Å².